The third-order valence-electron chi connectivity index (χ3n) is 2.56. The number of rotatable bonds is 7. The van der Waals surface area contributed by atoms with E-state index in [1.807, 2.05) is 24.3 Å². The summed E-state index contributed by atoms with van der Waals surface area (Å²) in [6.45, 7) is 1.63. The van der Waals surface area contributed by atoms with Crippen molar-refractivity contribution in [2.24, 2.45) is 0 Å². The highest BCUT2D eigenvalue weighted by Gasteiger charge is 2.01. The zero-order valence-corrected chi connectivity index (χ0v) is 11.7. The molecule has 2 N–H and O–H groups in total. The summed E-state index contributed by atoms with van der Waals surface area (Å²) in [6.07, 6.45) is 2.64. The SMILES string of the molecule is CNC(=O)c1ccc(CNCCCS(C)=O)cc1. The van der Waals surface area contributed by atoms with Crippen LogP contribution in [0.5, 0.6) is 0 Å². The van der Waals surface area contributed by atoms with Gasteiger partial charge in [0.15, 0.2) is 0 Å². The maximum Gasteiger partial charge on any atom is 0.251 e. The average Bonchev–Trinajstić information content (AvgIpc) is 2.38. The van der Waals surface area contributed by atoms with Crippen LogP contribution in [-0.2, 0) is 17.3 Å². The van der Waals surface area contributed by atoms with Gasteiger partial charge in [0.2, 0.25) is 0 Å². The third-order valence-corrected chi connectivity index (χ3v) is 3.42. The Hall–Kier alpha value is -1.20. The van der Waals surface area contributed by atoms with Crippen LogP contribution in [-0.4, -0.2) is 35.7 Å². The second-order valence-electron chi connectivity index (χ2n) is 4.08. The van der Waals surface area contributed by atoms with Crippen LogP contribution in [0.1, 0.15) is 22.3 Å². The number of amides is 1. The molecule has 1 amide bonds. The van der Waals surface area contributed by atoms with Crippen LogP contribution in [0, 0.1) is 0 Å². The first kappa shape index (κ1) is 14.9. The number of carbonyl (C=O) groups is 1. The third kappa shape index (κ3) is 5.42. The number of benzene rings is 1. The second kappa shape index (κ2) is 8.00. The normalized spacial score (nSPS) is 12.1. The van der Waals surface area contributed by atoms with E-state index in [9.17, 15) is 9.00 Å². The van der Waals surface area contributed by atoms with Crippen molar-refractivity contribution in [1.29, 1.82) is 0 Å². The highest BCUT2D eigenvalue weighted by Crippen LogP contribution is 2.04. The minimum Gasteiger partial charge on any atom is -0.355 e. The molecular weight excluding hydrogens is 248 g/mol. The zero-order chi connectivity index (χ0) is 13.4. The highest BCUT2D eigenvalue weighted by molar-refractivity contribution is 7.84. The van der Waals surface area contributed by atoms with Crippen molar-refractivity contribution in [2.75, 3.05) is 25.6 Å². The predicted molar refractivity (Wildman–Crippen MR) is 75.1 cm³/mol. The van der Waals surface area contributed by atoms with E-state index >= 15 is 0 Å². The topological polar surface area (TPSA) is 58.2 Å². The van der Waals surface area contributed by atoms with E-state index in [0.29, 0.717) is 5.56 Å². The first-order valence-corrected chi connectivity index (χ1v) is 7.68. The fraction of sp³-hybridized carbons (Fsp3) is 0.462. The largest absolute Gasteiger partial charge is 0.355 e. The molecule has 100 valence electrons. The maximum absolute atomic E-state index is 11.3. The molecule has 1 atom stereocenters. The number of hydrogen-bond acceptors (Lipinski definition) is 3. The molecule has 1 aromatic carbocycles. The Morgan fingerprint density at radius 3 is 2.50 bits per heavy atom. The Morgan fingerprint density at radius 2 is 1.94 bits per heavy atom. The summed E-state index contributed by atoms with van der Waals surface area (Å²) in [5.74, 6) is 0.669. The smallest absolute Gasteiger partial charge is 0.251 e. The lowest BCUT2D eigenvalue weighted by molar-refractivity contribution is 0.0963. The average molecular weight is 268 g/mol. The Labute approximate surface area is 111 Å². The fourth-order valence-electron chi connectivity index (χ4n) is 1.55. The van der Waals surface area contributed by atoms with Crippen molar-refractivity contribution in [3.63, 3.8) is 0 Å². The van der Waals surface area contributed by atoms with Crippen LogP contribution in [0.2, 0.25) is 0 Å². The Morgan fingerprint density at radius 1 is 1.28 bits per heavy atom. The van der Waals surface area contributed by atoms with E-state index < -0.39 is 10.8 Å². The van der Waals surface area contributed by atoms with Crippen LogP contribution >= 0.6 is 0 Å². The van der Waals surface area contributed by atoms with Gasteiger partial charge in [-0.15, -0.1) is 0 Å². The first-order chi connectivity index (χ1) is 8.63. The van der Waals surface area contributed by atoms with Crippen LogP contribution in [0.4, 0.5) is 0 Å². The van der Waals surface area contributed by atoms with Crippen molar-refractivity contribution >= 4 is 16.7 Å². The highest BCUT2D eigenvalue weighted by atomic mass is 32.2. The maximum atomic E-state index is 11.3. The van der Waals surface area contributed by atoms with E-state index in [-0.39, 0.29) is 5.91 Å². The van der Waals surface area contributed by atoms with Gasteiger partial charge in [0, 0.05) is 42.0 Å². The summed E-state index contributed by atoms with van der Waals surface area (Å²) in [5.41, 5.74) is 1.81. The van der Waals surface area contributed by atoms with Gasteiger partial charge < -0.3 is 10.6 Å². The molecule has 0 aromatic heterocycles. The van der Waals surface area contributed by atoms with Gasteiger partial charge in [-0.2, -0.15) is 0 Å². The van der Waals surface area contributed by atoms with E-state index in [0.717, 1.165) is 30.8 Å². The van der Waals surface area contributed by atoms with Crippen molar-refractivity contribution in [1.82, 2.24) is 10.6 Å². The zero-order valence-electron chi connectivity index (χ0n) is 10.9. The monoisotopic (exact) mass is 268 g/mol. The quantitative estimate of drug-likeness (QED) is 0.723. The van der Waals surface area contributed by atoms with Gasteiger partial charge in [-0.3, -0.25) is 9.00 Å². The van der Waals surface area contributed by atoms with Gasteiger partial charge in [-0.05, 0) is 30.7 Å². The molecule has 0 bridgehead atoms. The van der Waals surface area contributed by atoms with E-state index in [4.69, 9.17) is 0 Å². The number of carbonyl (C=O) groups excluding carboxylic acids is 1. The summed E-state index contributed by atoms with van der Waals surface area (Å²) >= 11 is 0. The predicted octanol–water partition coefficient (Wildman–Crippen LogP) is 0.904. The molecule has 1 unspecified atom stereocenters. The first-order valence-electron chi connectivity index (χ1n) is 5.95. The molecule has 4 nitrogen and oxygen atoms in total. The Bertz CT molecular complexity index is 404. The Balaban J connectivity index is 2.31. The lowest BCUT2D eigenvalue weighted by atomic mass is 10.1. The summed E-state index contributed by atoms with van der Waals surface area (Å²) < 4.78 is 10.9. The molecule has 5 heteroatoms. The van der Waals surface area contributed by atoms with Gasteiger partial charge in [0.25, 0.3) is 5.91 Å². The molecule has 0 heterocycles. The van der Waals surface area contributed by atoms with Crippen LogP contribution in [0.3, 0.4) is 0 Å². The summed E-state index contributed by atoms with van der Waals surface area (Å²) in [6, 6.07) is 7.51. The molecule has 0 radical (unpaired) electrons. The number of nitrogens with one attached hydrogen (secondary N) is 2. The van der Waals surface area contributed by atoms with E-state index in [1.165, 1.54) is 0 Å². The molecule has 1 aromatic rings. The molecule has 0 aliphatic rings. The van der Waals surface area contributed by atoms with Crippen molar-refractivity contribution in [3.05, 3.63) is 35.4 Å². The minimum absolute atomic E-state index is 0.0695. The van der Waals surface area contributed by atoms with Crippen molar-refractivity contribution < 1.29 is 9.00 Å². The molecule has 18 heavy (non-hydrogen) atoms. The van der Waals surface area contributed by atoms with Gasteiger partial charge in [0.05, 0.1) is 0 Å². The summed E-state index contributed by atoms with van der Waals surface area (Å²) in [4.78, 5) is 11.3. The molecule has 1 rings (SSSR count). The lowest BCUT2D eigenvalue weighted by Crippen LogP contribution is -2.18. The molecular formula is C13H20N2O2S. The van der Waals surface area contributed by atoms with Crippen molar-refractivity contribution in [2.45, 2.75) is 13.0 Å². The molecule has 0 saturated carbocycles. The molecule has 0 saturated heterocycles. The standard InChI is InChI=1S/C13H20N2O2S/c1-14-13(16)12-6-4-11(5-7-12)10-15-8-3-9-18(2)17/h4-7,15H,3,8-10H2,1-2H3,(H,14,16). The van der Waals surface area contributed by atoms with Gasteiger partial charge >= 0.3 is 0 Å². The van der Waals surface area contributed by atoms with Gasteiger partial charge in [-0.25, -0.2) is 0 Å². The van der Waals surface area contributed by atoms with Gasteiger partial charge in [-0.1, -0.05) is 12.1 Å². The summed E-state index contributed by atoms with van der Waals surface area (Å²) in [7, 11) is 0.913. The van der Waals surface area contributed by atoms with Crippen LogP contribution in [0.25, 0.3) is 0 Å². The van der Waals surface area contributed by atoms with Gasteiger partial charge in [0.1, 0.15) is 0 Å². The van der Waals surface area contributed by atoms with E-state index in [1.54, 1.807) is 13.3 Å². The van der Waals surface area contributed by atoms with Crippen molar-refractivity contribution in [3.8, 4) is 0 Å². The Kier molecular flexibility index (Phi) is 6.60. The number of hydrogen-bond donors (Lipinski definition) is 2. The molecule has 0 aliphatic heterocycles. The fourth-order valence-corrected chi connectivity index (χ4v) is 2.10. The second-order valence-corrected chi connectivity index (χ2v) is 5.64. The molecule has 0 spiro atoms. The van der Waals surface area contributed by atoms with Crippen LogP contribution in [0.15, 0.2) is 24.3 Å². The van der Waals surface area contributed by atoms with Crippen LogP contribution < -0.4 is 10.6 Å². The lowest BCUT2D eigenvalue weighted by Gasteiger charge is -2.05. The minimum atomic E-state index is -0.707. The summed E-state index contributed by atoms with van der Waals surface area (Å²) in [5, 5.41) is 5.87. The molecule has 0 fully saturated rings. The molecule has 0 aliphatic carbocycles. The van der Waals surface area contributed by atoms with E-state index in [2.05, 4.69) is 10.6 Å².